The summed E-state index contributed by atoms with van der Waals surface area (Å²) in [7, 11) is -3.89. The third-order valence-corrected chi connectivity index (χ3v) is 7.66. The Kier molecular flexibility index (Phi) is 10.3. The van der Waals surface area contributed by atoms with Crippen molar-refractivity contribution < 1.29 is 27.9 Å². The first-order valence-electron chi connectivity index (χ1n) is 11.6. The van der Waals surface area contributed by atoms with Crippen molar-refractivity contribution in [2.75, 3.05) is 0 Å². The maximum Gasteiger partial charge on any atom is 0.354 e. The molecule has 198 valence electrons. The summed E-state index contributed by atoms with van der Waals surface area (Å²) < 4.78 is 30.7. The largest absolute Gasteiger partial charge is 0.477 e. The van der Waals surface area contributed by atoms with Crippen LogP contribution in [0.2, 0.25) is 0 Å². The smallest absolute Gasteiger partial charge is 0.354 e. The molecule has 3 N–H and O–H groups in total. The Bertz CT molecular complexity index is 1390. The van der Waals surface area contributed by atoms with Gasteiger partial charge in [0.25, 0.3) is 10.0 Å². The second kappa shape index (κ2) is 13.6. The van der Waals surface area contributed by atoms with E-state index < -0.39 is 22.0 Å². The maximum atomic E-state index is 12.4. The number of hydrogen-bond acceptors (Lipinski definition) is 7. The SMILES string of the molecule is Cc1ccc(S(=O)(=O)N2C=CSC=C2C(=O)O)cc1.N[C@@H](Cc1ccccc1)C(=O)OCc1ccccc1. The number of carboxylic acids is 1. The molecule has 0 radical (unpaired) electrons. The number of hydrogen-bond donors (Lipinski definition) is 2. The number of carbonyl (C=O) groups excluding carboxylic acids is 1. The lowest BCUT2D eigenvalue weighted by Crippen LogP contribution is -2.34. The zero-order valence-electron chi connectivity index (χ0n) is 20.6. The first-order chi connectivity index (χ1) is 18.2. The number of ether oxygens (including phenoxy) is 1. The predicted octanol–water partition coefficient (Wildman–Crippen LogP) is 4.43. The van der Waals surface area contributed by atoms with E-state index in [1.807, 2.05) is 67.6 Å². The number of carboxylic acid groups (broad SMARTS) is 1. The maximum absolute atomic E-state index is 12.4. The minimum atomic E-state index is -3.89. The quantitative estimate of drug-likeness (QED) is 0.393. The lowest BCUT2D eigenvalue weighted by Gasteiger charge is -2.22. The average Bonchev–Trinajstić information content (AvgIpc) is 2.93. The van der Waals surface area contributed by atoms with Crippen LogP contribution in [-0.4, -0.2) is 35.8 Å². The van der Waals surface area contributed by atoms with Gasteiger partial charge in [0.1, 0.15) is 18.3 Å². The Balaban J connectivity index is 0.000000211. The second-order valence-electron chi connectivity index (χ2n) is 8.23. The van der Waals surface area contributed by atoms with Crippen molar-refractivity contribution in [1.29, 1.82) is 0 Å². The van der Waals surface area contributed by atoms with Crippen molar-refractivity contribution >= 4 is 33.7 Å². The van der Waals surface area contributed by atoms with Gasteiger partial charge in [-0.2, -0.15) is 0 Å². The highest BCUT2D eigenvalue weighted by atomic mass is 32.2. The summed E-state index contributed by atoms with van der Waals surface area (Å²) in [6.45, 7) is 2.11. The van der Waals surface area contributed by atoms with E-state index in [9.17, 15) is 18.0 Å². The average molecular weight is 553 g/mol. The summed E-state index contributed by atoms with van der Waals surface area (Å²) in [5, 5.41) is 11.8. The van der Waals surface area contributed by atoms with Gasteiger partial charge in [-0.3, -0.25) is 4.79 Å². The van der Waals surface area contributed by atoms with E-state index in [0.717, 1.165) is 32.8 Å². The van der Waals surface area contributed by atoms with E-state index in [0.29, 0.717) is 6.42 Å². The lowest BCUT2D eigenvalue weighted by molar-refractivity contribution is -0.146. The molecule has 0 saturated carbocycles. The van der Waals surface area contributed by atoms with E-state index in [-0.39, 0.29) is 23.2 Å². The first kappa shape index (κ1) is 28.7. The molecule has 0 fully saturated rings. The zero-order chi connectivity index (χ0) is 27.5. The molecule has 3 aromatic rings. The number of esters is 1. The highest BCUT2D eigenvalue weighted by Crippen LogP contribution is 2.27. The number of sulfonamides is 1. The van der Waals surface area contributed by atoms with Gasteiger partial charge in [-0.25, -0.2) is 17.5 Å². The molecule has 0 aliphatic carbocycles. The fourth-order valence-electron chi connectivity index (χ4n) is 3.29. The topological polar surface area (TPSA) is 127 Å². The van der Waals surface area contributed by atoms with Gasteiger partial charge in [-0.05, 0) is 42.0 Å². The zero-order valence-corrected chi connectivity index (χ0v) is 22.3. The highest BCUT2D eigenvalue weighted by molar-refractivity contribution is 8.05. The molecule has 0 amide bonds. The fourth-order valence-corrected chi connectivity index (χ4v) is 5.37. The molecular formula is C28H28N2O6S2. The Morgan fingerprint density at radius 3 is 2.11 bits per heavy atom. The van der Waals surface area contributed by atoms with Crippen LogP contribution in [0, 0.1) is 6.92 Å². The molecule has 1 atom stereocenters. The molecule has 38 heavy (non-hydrogen) atoms. The van der Waals surface area contributed by atoms with Gasteiger partial charge in [-0.15, -0.1) is 11.8 Å². The van der Waals surface area contributed by atoms with Crippen LogP contribution in [0.4, 0.5) is 0 Å². The van der Waals surface area contributed by atoms with Crippen molar-refractivity contribution in [3.05, 3.63) is 124 Å². The van der Waals surface area contributed by atoms with Crippen LogP contribution in [0.3, 0.4) is 0 Å². The molecular weight excluding hydrogens is 524 g/mol. The van der Waals surface area contributed by atoms with Crippen molar-refractivity contribution in [2.24, 2.45) is 5.73 Å². The van der Waals surface area contributed by atoms with Crippen LogP contribution in [0.15, 0.2) is 113 Å². The summed E-state index contributed by atoms with van der Waals surface area (Å²) in [6, 6.07) is 24.9. The van der Waals surface area contributed by atoms with Gasteiger partial charge in [0.2, 0.25) is 0 Å². The highest BCUT2D eigenvalue weighted by Gasteiger charge is 2.29. The first-order valence-corrected chi connectivity index (χ1v) is 13.9. The molecule has 1 aliphatic rings. The normalized spacial score (nSPS) is 13.5. The number of nitrogens with zero attached hydrogens (tertiary/aromatic N) is 1. The summed E-state index contributed by atoms with van der Waals surface area (Å²) in [5.74, 6) is -1.65. The molecule has 0 saturated heterocycles. The fraction of sp³-hybridized carbons (Fsp3) is 0.143. The number of thioether (sulfide) groups is 1. The van der Waals surface area contributed by atoms with Crippen molar-refractivity contribution in [3.8, 4) is 0 Å². The van der Waals surface area contributed by atoms with Crippen LogP contribution in [0.5, 0.6) is 0 Å². The molecule has 0 unspecified atom stereocenters. The van der Waals surface area contributed by atoms with Crippen LogP contribution in [0.25, 0.3) is 0 Å². The van der Waals surface area contributed by atoms with Crippen LogP contribution < -0.4 is 5.73 Å². The van der Waals surface area contributed by atoms with E-state index in [2.05, 4.69) is 0 Å². The number of rotatable bonds is 8. The summed E-state index contributed by atoms with van der Waals surface area (Å²) in [6.07, 6.45) is 1.73. The van der Waals surface area contributed by atoms with Crippen molar-refractivity contribution in [1.82, 2.24) is 4.31 Å². The molecule has 10 heteroatoms. The molecule has 0 bridgehead atoms. The Morgan fingerprint density at radius 1 is 0.947 bits per heavy atom. The Labute approximate surface area is 226 Å². The molecule has 1 aliphatic heterocycles. The molecule has 1 heterocycles. The second-order valence-corrected chi connectivity index (χ2v) is 10.8. The number of carbonyl (C=O) groups is 2. The van der Waals surface area contributed by atoms with Crippen LogP contribution >= 0.6 is 11.8 Å². The van der Waals surface area contributed by atoms with E-state index >= 15 is 0 Å². The van der Waals surface area contributed by atoms with Gasteiger partial charge >= 0.3 is 11.9 Å². The molecule has 0 aromatic heterocycles. The number of nitrogens with two attached hydrogens (primary N) is 1. The molecule has 8 nitrogen and oxygen atoms in total. The van der Waals surface area contributed by atoms with Gasteiger partial charge in [-0.1, -0.05) is 78.4 Å². The monoisotopic (exact) mass is 552 g/mol. The van der Waals surface area contributed by atoms with Crippen molar-refractivity contribution in [2.45, 2.75) is 30.9 Å². The van der Waals surface area contributed by atoms with Gasteiger partial charge in [0, 0.05) is 11.6 Å². The molecule has 3 aromatic carbocycles. The Morgan fingerprint density at radius 2 is 1.53 bits per heavy atom. The number of benzene rings is 3. The lowest BCUT2D eigenvalue weighted by atomic mass is 10.1. The van der Waals surface area contributed by atoms with Crippen LogP contribution in [-0.2, 0) is 37.4 Å². The summed E-state index contributed by atoms with van der Waals surface area (Å²) in [5.41, 5.74) is 8.48. The van der Waals surface area contributed by atoms with E-state index in [1.54, 1.807) is 12.1 Å². The van der Waals surface area contributed by atoms with E-state index in [4.69, 9.17) is 15.6 Å². The Hall–Kier alpha value is -3.86. The predicted molar refractivity (Wildman–Crippen MR) is 147 cm³/mol. The van der Waals surface area contributed by atoms with Crippen molar-refractivity contribution in [3.63, 3.8) is 0 Å². The third kappa shape index (κ3) is 8.07. The molecule has 4 rings (SSSR count). The van der Waals surface area contributed by atoms with Crippen LogP contribution in [0.1, 0.15) is 16.7 Å². The standard InChI is InChI=1S/C16H17NO2.C12H11NO4S2/c17-15(11-13-7-3-1-4-8-13)16(18)19-12-14-9-5-2-6-10-14;1-9-2-4-10(5-3-9)19(16,17)13-6-7-18-8-11(13)12(14)15/h1-10,15H,11-12,17H2;2-8H,1H3,(H,14,15)/t15-;/m0./s1. The molecule has 0 spiro atoms. The summed E-state index contributed by atoms with van der Waals surface area (Å²) in [4.78, 5) is 22.9. The minimum Gasteiger partial charge on any atom is -0.477 e. The van der Waals surface area contributed by atoms with Gasteiger partial charge < -0.3 is 15.6 Å². The number of aliphatic carboxylic acids is 1. The summed E-state index contributed by atoms with van der Waals surface area (Å²) >= 11 is 1.12. The third-order valence-electron chi connectivity index (χ3n) is 5.31. The minimum absolute atomic E-state index is 0.0572. The van der Waals surface area contributed by atoms with E-state index in [1.165, 1.54) is 29.1 Å². The number of aryl methyl sites for hydroxylation is 1. The van der Waals surface area contributed by atoms with Gasteiger partial charge in [0.05, 0.1) is 4.90 Å². The van der Waals surface area contributed by atoms with Gasteiger partial charge in [0.15, 0.2) is 0 Å².